The zero-order chi connectivity index (χ0) is 11.4. The van der Waals surface area contributed by atoms with Gasteiger partial charge in [-0.2, -0.15) is 8.78 Å². The fraction of sp³-hybridized carbons (Fsp3) is 0.846. The SMILES string of the molecule is CC=CC12CC3CC(C1)OC(F)(F)C(C3)C2. The Labute approximate surface area is 94.9 Å². The Morgan fingerprint density at radius 2 is 2.00 bits per heavy atom. The zero-order valence-electron chi connectivity index (χ0n) is 9.59. The van der Waals surface area contributed by atoms with Crippen molar-refractivity contribution in [3.05, 3.63) is 12.2 Å². The molecule has 0 amide bonds. The third-order valence-corrected chi connectivity index (χ3v) is 4.52. The average molecular weight is 228 g/mol. The average Bonchev–Trinajstić information content (AvgIpc) is 2.26. The minimum absolute atomic E-state index is 0.00514. The highest BCUT2D eigenvalue weighted by atomic mass is 19.3. The van der Waals surface area contributed by atoms with Crippen LogP contribution in [0, 0.1) is 17.3 Å². The van der Waals surface area contributed by atoms with Gasteiger partial charge >= 0.3 is 6.11 Å². The van der Waals surface area contributed by atoms with Gasteiger partial charge in [-0.15, -0.1) is 0 Å². The Kier molecular flexibility index (Phi) is 2.19. The lowest BCUT2D eigenvalue weighted by Gasteiger charge is -2.45. The second-order valence-electron chi connectivity index (χ2n) is 5.81. The molecule has 4 bridgehead atoms. The Morgan fingerprint density at radius 1 is 1.19 bits per heavy atom. The summed E-state index contributed by atoms with van der Waals surface area (Å²) in [5.41, 5.74) is 0.00514. The maximum absolute atomic E-state index is 13.8. The van der Waals surface area contributed by atoms with E-state index in [1.165, 1.54) is 0 Å². The molecule has 0 aromatic rings. The topological polar surface area (TPSA) is 9.23 Å². The van der Waals surface area contributed by atoms with E-state index in [-0.39, 0.29) is 11.5 Å². The molecule has 0 spiro atoms. The summed E-state index contributed by atoms with van der Waals surface area (Å²) in [6, 6.07) is 0. The Hall–Kier alpha value is -0.440. The van der Waals surface area contributed by atoms with Gasteiger partial charge in [0, 0.05) is 0 Å². The number of allylic oxidation sites excluding steroid dienone is 2. The quantitative estimate of drug-likeness (QED) is 0.621. The molecule has 1 nitrogen and oxygen atoms in total. The molecule has 4 unspecified atom stereocenters. The van der Waals surface area contributed by atoms with E-state index < -0.39 is 12.0 Å². The summed E-state index contributed by atoms with van der Waals surface area (Å²) in [6.07, 6.45) is 5.05. The molecule has 2 aliphatic carbocycles. The van der Waals surface area contributed by atoms with Crippen LogP contribution in [0.3, 0.4) is 0 Å². The molecule has 4 rings (SSSR count). The molecule has 4 atom stereocenters. The number of rotatable bonds is 1. The van der Waals surface area contributed by atoms with Crippen LogP contribution in [0.4, 0.5) is 8.78 Å². The summed E-state index contributed by atoms with van der Waals surface area (Å²) in [4.78, 5) is 0. The first-order valence-electron chi connectivity index (χ1n) is 6.22. The molecule has 3 heteroatoms. The van der Waals surface area contributed by atoms with Crippen LogP contribution in [0.1, 0.15) is 39.0 Å². The van der Waals surface area contributed by atoms with E-state index in [2.05, 4.69) is 6.08 Å². The van der Waals surface area contributed by atoms with Crippen molar-refractivity contribution in [1.29, 1.82) is 0 Å². The highest BCUT2D eigenvalue weighted by molar-refractivity contribution is 5.09. The molecule has 16 heavy (non-hydrogen) atoms. The molecule has 0 N–H and O–H groups in total. The molecule has 0 radical (unpaired) electrons. The standard InChI is InChI=1S/C13H18F2O/c1-2-3-12-6-9-4-10(7-12)13(14,15)16-11(5-9)8-12/h2-3,9-11H,4-8H2,1H3. The van der Waals surface area contributed by atoms with Gasteiger partial charge in [-0.25, -0.2) is 0 Å². The monoisotopic (exact) mass is 228 g/mol. The molecule has 0 aromatic carbocycles. The normalized spacial score (nSPS) is 49.8. The number of hydrogen-bond acceptors (Lipinski definition) is 1. The van der Waals surface area contributed by atoms with E-state index in [1.54, 1.807) is 0 Å². The number of halogens is 2. The molecule has 2 saturated heterocycles. The predicted molar refractivity (Wildman–Crippen MR) is 57.1 cm³/mol. The van der Waals surface area contributed by atoms with Gasteiger partial charge in [0.1, 0.15) is 0 Å². The van der Waals surface area contributed by atoms with Gasteiger partial charge in [-0.1, -0.05) is 12.2 Å². The van der Waals surface area contributed by atoms with E-state index in [0.717, 1.165) is 19.3 Å². The summed E-state index contributed by atoms with van der Waals surface area (Å²) >= 11 is 0. The van der Waals surface area contributed by atoms with Crippen molar-refractivity contribution in [1.82, 2.24) is 0 Å². The third kappa shape index (κ3) is 1.52. The summed E-state index contributed by atoms with van der Waals surface area (Å²) in [5.74, 6) is -0.114. The molecule has 4 aliphatic rings. The fourth-order valence-corrected chi connectivity index (χ4v) is 4.19. The van der Waals surface area contributed by atoms with Crippen LogP contribution in [0.15, 0.2) is 12.2 Å². The molecule has 90 valence electrons. The van der Waals surface area contributed by atoms with E-state index in [4.69, 9.17) is 4.74 Å². The number of alkyl halides is 2. The number of ether oxygens (including phenoxy) is 1. The van der Waals surface area contributed by atoms with Crippen LogP contribution >= 0.6 is 0 Å². The van der Waals surface area contributed by atoms with Gasteiger partial charge in [0.2, 0.25) is 0 Å². The molecule has 0 aromatic heterocycles. The van der Waals surface area contributed by atoms with Crippen molar-refractivity contribution in [2.45, 2.75) is 51.2 Å². The van der Waals surface area contributed by atoms with Crippen LogP contribution in [0.5, 0.6) is 0 Å². The minimum atomic E-state index is -2.89. The maximum atomic E-state index is 13.8. The summed E-state index contributed by atoms with van der Waals surface area (Å²) in [7, 11) is 0. The summed E-state index contributed by atoms with van der Waals surface area (Å²) in [6.45, 7) is 1.98. The van der Waals surface area contributed by atoms with Crippen molar-refractivity contribution >= 4 is 0 Å². The molecule has 2 aliphatic heterocycles. The van der Waals surface area contributed by atoms with Gasteiger partial charge < -0.3 is 4.74 Å². The first-order chi connectivity index (χ1) is 7.53. The highest BCUT2D eigenvalue weighted by Gasteiger charge is 2.58. The van der Waals surface area contributed by atoms with Crippen LogP contribution in [-0.4, -0.2) is 12.2 Å². The first kappa shape index (κ1) is 10.7. The van der Waals surface area contributed by atoms with Crippen LogP contribution < -0.4 is 0 Å². The van der Waals surface area contributed by atoms with E-state index in [1.807, 2.05) is 13.0 Å². The molecule has 2 heterocycles. The second kappa shape index (κ2) is 3.28. The predicted octanol–water partition coefficient (Wildman–Crippen LogP) is 3.75. The van der Waals surface area contributed by atoms with Crippen LogP contribution in [0.25, 0.3) is 0 Å². The van der Waals surface area contributed by atoms with Crippen molar-refractivity contribution in [2.24, 2.45) is 17.3 Å². The highest BCUT2D eigenvalue weighted by Crippen LogP contribution is 2.59. The Balaban J connectivity index is 1.98. The molecule has 2 saturated carbocycles. The second-order valence-corrected chi connectivity index (χ2v) is 5.81. The Bertz CT molecular complexity index is 326. The molecule has 4 fully saturated rings. The van der Waals surface area contributed by atoms with E-state index in [9.17, 15) is 8.78 Å². The van der Waals surface area contributed by atoms with Crippen molar-refractivity contribution in [3.63, 3.8) is 0 Å². The smallest absolute Gasteiger partial charge is 0.317 e. The van der Waals surface area contributed by atoms with Gasteiger partial charge in [-0.05, 0) is 50.4 Å². The van der Waals surface area contributed by atoms with Gasteiger partial charge in [0.15, 0.2) is 0 Å². The maximum Gasteiger partial charge on any atom is 0.358 e. The third-order valence-electron chi connectivity index (χ3n) is 4.52. The minimum Gasteiger partial charge on any atom is -0.317 e. The summed E-state index contributed by atoms with van der Waals surface area (Å²) in [5, 5.41) is 0. The van der Waals surface area contributed by atoms with Crippen molar-refractivity contribution in [2.75, 3.05) is 0 Å². The largest absolute Gasteiger partial charge is 0.358 e. The zero-order valence-corrected chi connectivity index (χ0v) is 9.59. The molecular weight excluding hydrogens is 210 g/mol. The lowest BCUT2D eigenvalue weighted by Crippen LogP contribution is -2.39. The van der Waals surface area contributed by atoms with Gasteiger partial charge in [0.25, 0.3) is 0 Å². The molecular formula is C13H18F2O. The Morgan fingerprint density at radius 3 is 2.75 bits per heavy atom. The lowest BCUT2D eigenvalue weighted by molar-refractivity contribution is -0.281. The van der Waals surface area contributed by atoms with Crippen LogP contribution in [0.2, 0.25) is 0 Å². The summed E-state index contributed by atoms with van der Waals surface area (Å²) < 4.78 is 32.6. The number of fused-ring (bicyclic) bond motifs is 1. The number of hydrogen-bond donors (Lipinski definition) is 0. The van der Waals surface area contributed by atoms with Gasteiger partial charge in [-0.3, -0.25) is 0 Å². The van der Waals surface area contributed by atoms with Gasteiger partial charge in [0.05, 0.1) is 12.0 Å². The van der Waals surface area contributed by atoms with E-state index in [0.29, 0.717) is 18.8 Å². The first-order valence-corrected chi connectivity index (χ1v) is 6.22. The van der Waals surface area contributed by atoms with Crippen molar-refractivity contribution in [3.8, 4) is 0 Å². The fourth-order valence-electron chi connectivity index (χ4n) is 4.19. The van der Waals surface area contributed by atoms with Crippen molar-refractivity contribution < 1.29 is 13.5 Å². The van der Waals surface area contributed by atoms with E-state index >= 15 is 0 Å². The lowest BCUT2D eigenvalue weighted by atomic mass is 9.59. The van der Waals surface area contributed by atoms with Crippen LogP contribution in [-0.2, 0) is 4.74 Å².